The van der Waals surface area contributed by atoms with Crippen LogP contribution < -0.4 is 0 Å². The van der Waals surface area contributed by atoms with Crippen molar-refractivity contribution in [2.24, 2.45) is 0 Å². The first-order valence-corrected chi connectivity index (χ1v) is 5.56. The van der Waals surface area contributed by atoms with Crippen LogP contribution in [0.4, 0.5) is 0 Å². The molecule has 0 spiro atoms. The molecule has 0 aliphatic carbocycles. The first-order valence-electron chi connectivity index (χ1n) is 5.56. The highest BCUT2D eigenvalue weighted by molar-refractivity contribution is 5.79. The van der Waals surface area contributed by atoms with E-state index >= 15 is 0 Å². The van der Waals surface area contributed by atoms with E-state index in [1.54, 1.807) is 12.5 Å². The van der Waals surface area contributed by atoms with Crippen molar-refractivity contribution in [3.05, 3.63) is 18.0 Å². The SMILES string of the molecule is CCC1(C(=O)O)CCCN1Cc1cnoc1. The first-order chi connectivity index (χ1) is 7.69. The van der Waals surface area contributed by atoms with Gasteiger partial charge in [0.1, 0.15) is 11.8 Å². The molecule has 1 N–H and O–H groups in total. The van der Waals surface area contributed by atoms with Gasteiger partial charge in [0.05, 0.1) is 6.20 Å². The largest absolute Gasteiger partial charge is 0.480 e. The van der Waals surface area contributed by atoms with Crippen LogP contribution in [0.5, 0.6) is 0 Å². The molecule has 1 aromatic heterocycles. The number of aliphatic carboxylic acids is 1. The van der Waals surface area contributed by atoms with E-state index in [1.807, 2.05) is 11.8 Å². The summed E-state index contributed by atoms with van der Waals surface area (Å²) in [6.45, 7) is 3.36. The summed E-state index contributed by atoms with van der Waals surface area (Å²) in [5.41, 5.74) is 0.234. The van der Waals surface area contributed by atoms with Crippen LogP contribution in [-0.4, -0.2) is 33.2 Å². The summed E-state index contributed by atoms with van der Waals surface area (Å²) in [6.07, 6.45) is 5.50. The molecule has 16 heavy (non-hydrogen) atoms. The van der Waals surface area contributed by atoms with Crippen LogP contribution in [0.1, 0.15) is 31.7 Å². The van der Waals surface area contributed by atoms with Crippen LogP contribution in [0, 0.1) is 0 Å². The van der Waals surface area contributed by atoms with Crippen LogP contribution in [-0.2, 0) is 11.3 Å². The Kier molecular flexibility index (Phi) is 2.96. The second-order valence-corrected chi connectivity index (χ2v) is 4.25. The lowest BCUT2D eigenvalue weighted by atomic mass is 9.93. The molecule has 5 nitrogen and oxygen atoms in total. The van der Waals surface area contributed by atoms with Crippen LogP contribution in [0.25, 0.3) is 0 Å². The normalized spacial score (nSPS) is 26.1. The molecule has 5 heteroatoms. The second-order valence-electron chi connectivity index (χ2n) is 4.25. The van der Waals surface area contributed by atoms with Gasteiger partial charge < -0.3 is 9.63 Å². The number of likely N-dealkylation sites (tertiary alicyclic amines) is 1. The standard InChI is InChI=1S/C11H16N2O3/c1-2-11(10(14)15)4-3-5-13(11)7-9-6-12-16-8-9/h6,8H,2-5,7H2,1H3,(H,14,15). The van der Waals surface area contributed by atoms with Gasteiger partial charge in [-0.25, -0.2) is 0 Å². The van der Waals surface area contributed by atoms with Gasteiger partial charge in [-0.3, -0.25) is 9.69 Å². The zero-order chi connectivity index (χ0) is 11.6. The van der Waals surface area contributed by atoms with Crippen molar-refractivity contribution in [2.75, 3.05) is 6.54 Å². The lowest BCUT2D eigenvalue weighted by molar-refractivity contribution is -0.150. The van der Waals surface area contributed by atoms with Crippen molar-refractivity contribution in [3.8, 4) is 0 Å². The van der Waals surface area contributed by atoms with Gasteiger partial charge in [0.2, 0.25) is 0 Å². The lowest BCUT2D eigenvalue weighted by Crippen LogP contribution is -2.49. The third-order valence-corrected chi connectivity index (χ3v) is 3.46. The van der Waals surface area contributed by atoms with Crippen molar-refractivity contribution in [1.29, 1.82) is 0 Å². The zero-order valence-electron chi connectivity index (χ0n) is 9.35. The highest BCUT2D eigenvalue weighted by Crippen LogP contribution is 2.33. The average Bonchev–Trinajstić information content (AvgIpc) is 2.88. The minimum atomic E-state index is -0.719. The Balaban J connectivity index is 2.16. The maximum Gasteiger partial charge on any atom is 0.324 e. The number of carboxylic acid groups (broad SMARTS) is 1. The second kappa shape index (κ2) is 4.25. The van der Waals surface area contributed by atoms with Crippen molar-refractivity contribution < 1.29 is 14.4 Å². The molecule has 0 bridgehead atoms. The minimum Gasteiger partial charge on any atom is -0.480 e. The molecule has 0 amide bonds. The van der Waals surface area contributed by atoms with Crippen molar-refractivity contribution in [1.82, 2.24) is 10.1 Å². The topological polar surface area (TPSA) is 66.6 Å². The van der Waals surface area contributed by atoms with Gasteiger partial charge in [0.25, 0.3) is 0 Å². The Morgan fingerprint density at radius 1 is 1.75 bits per heavy atom. The number of aromatic nitrogens is 1. The highest BCUT2D eigenvalue weighted by Gasteiger charge is 2.45. The summed E-state index contributed by atoms with van der Waals surface area (Å²) >= 11 is 0. The maximum atomic E-state index is 11.4. The summed E-state index contributed by atoms with van der Waals surface area (Å²) in [7, 11) is 0. The molecule has 1 aliphatic rings. The van der Waals surface area contributed by atoms with Gasteiger partial charge in [0, 0.05) is 12.1 Å². The van der Waals surface area contributed by atoms with Crippen molar-refractivity contribution >= 4 is 5.97 Å². The third-order valence-electron chi connectivity index (χ3n) is 3.46. The van der Waals surface area contributed by atoms with Gasteiger partial charge in [-0.1, -0.05) is 12.1 Å². The summed E-state index contributed by atoms with van der Waals surface area (Å²) < 4.78 is 4.76. The van der Waals surface area contributed by atoms with Crippen molar-refractivity contribution in [3.63, 3.8) is 0 Å². The van der Waals surface area contributed by atoms with Gasteiger partial charge in [-0.15, -0.1) is 0 Å². The molecule has 1 saturated heterocycles. The van der Waals surface area contributed by atoms with E-state index in [-0.39, 0.29) is 0 Å². The molecule has 1 atom stereocenters. The van der Waals surface area contributed by atoms with Crippen LogP contribution in [0.15, 0.2) is 17.0 Å². The molecule has 1 fully saturated rings. The average molecular weight is 224 g/mol. The van der Waals surface area contributed by atoms with E-state index in [0.717, 1.165) is 24.9 Å². The fourth-order valence-corrected chi connectivity index (χ4v) is 2.48. The van der Waals surface area contributed by atoms with Crippen molar-refractivity contribution in [2.45, 2.75) is 38.3 Å². The number of carboxylic acids is 1. The zero-order valence-corrected chi connectivity index (χ0v) is 9.35. The molecule has 88 valence electrons. The van der Waals surface area contributed by atoms with E-state index < -0.39 is 11.5 Å². The van der Waals surface area contributed by atoms with Crippen LogP contribution in [0.3, 0.4) is 0 Å². The monoisotopic (exact) mass is 224 g/mol. The quantitative estimate of drug-likeness (QED) is 0.839. The number of hydrogen-bond acceptors (Lipinski definition) is 4. The number of carbonyl (C=O) groups is 1. The molecule has 0 aromatic carbocycles. The minimum absolute atomic E-state index is 0.601. The van der Waals surface area contributed by atoms with E-state index in [1.165, 1.54) is 0 Å². The van der Waals surface area contributed by atoms with Gasteiger partial charge in [0.15, 0.2) is 0 Å². The number of rotatable bonds is 4. The molecule has 2 rings (SSSR count). The summed E-state index contributed by atoms with van der Waals surface area (Å²) in [5, 5.41) is 13.0. The molecule has 2 heterocycles. The summed E-state index contributed by atoms with van der Waals surface area (Å²) in [5.74, 6) is -0.719. The van der Waals surface area contributed by atoms with Crippen LogP contribution in [0.2, 0.25) is 0 Å². The summed E-state index contributed by atoms with van der Waals surface area (Å²) in [4.78, 5) is 13.4. The third kappa shape index (κ3) is 1.71. The molecule has 1 aliphatic heterocycles. The highest BCUT2D eigenvalue weighted by atomic mass is 16.5. The Bertz CT molecular complexity index is 363. The van der Waals surface area contributed by atoms with Gasteiger partial charge in [-0.05, 0) is 25.8 Å². The predicted molar refractivity (Wildman–Crippen MR) is 56.8 cm³/mol. The fraction of sp³-hybridized carbons (Fsp3) is 0.636. The Hall–Kier alpha value is -1.36. The Morgan fingerprint density at radius 2 is 2.56 bits per heavy atom. The first kappa shape index (κ1) is 11.1. The van der Waals surface area contributed by atoms with E-state index in [9.17, 15) is 9.90 Å². The van der Waals surface area contributed by atoms with E-state index in [2.05, 4.69) is 5.16 Å². The molecular formula is C11H16N2O3. The summed E-state index contributed by atoms with van der Waals surface area (Å²) in [6, 6.07) is 0. The molecule has 0 radical (unpaired) electrons. The maximum absolute atomic E-state index is 11.4. The lowest BCUT2D eigenvalue weighted by Gasteiger charge is -2.33. The van der Waals surface area contributed by atoms with Gasteiger partial charge in [-0.2, -0.15) is 0 Å². The number of nitrogens with zero attached hydrogens (tertiary/aromatic N) is 2. The Morgan fingerprint density at radius 3 is 3.12 bits per heavy atom. The number of hydrogen-bond donors (Lipinski definition) is 1. The molecule has 1 aromatic rings. The van der Waals surface area contributed by atoms with Crippen LogP contribution >= 0.6 is 0 Å². The molecule has 0 saturated carbocycles. The van der Waals surface area contributed by atoms with E-state index in [0.29, 0.717) is 13.0 Å². The van der Waals surface area contributed by atoms with E-state index in [4.69, 9.17) is 4.52 Å². The Labute approximate surface area is 94.0 Å². The van der Waals surface area contributed by atoms with Gasteiger partial charge >= 0.3 is 5.97 Å². The smallest absolute Gasteiger partial charge is 0.324 e. The molecular weight excluding hydrogens is 208 g/mol. The fourth-order valence-electron chi connectivity index (χ4n) is 2.48. The predicted octanol–water partition coefficient (Wildman–Crippen LogP) is 1.50. The molecule has 1 unspecified atom stereocenters.